The monoisotopic (exact) mass is 518 g/mol. The van der Waals surface area contributed by atoms with Crippen molar-refractivity contribution in [1.82, 2.24) is 0 Å². The number of rotatable bonds is 5. The molecule has 0 atom stereocenters. The molecule has 13 heteroatoms. The number of aliphatic carboxylic acids is 1. The lowest BCUT2D eigenvalue weighted by Crippen LogP contribution is -2.36. The van der Waals surface area contributed by atoms with Crippen molar-refractivity contribution in [3.05, 3.63) is 52.6 Å². The zero-order chi connectivity index (χ0) is 26.6. The van der Waals surface area contributed by atoms with Gasteiger partial charge in [0, 0.05) is 13.1 Å². The maximum atomic E-state index is 13.2. The van der Waals surface area contributed by atoms with E-state index in [1.54, 1.807) is 19.9 Å². The summed E-state index contributed by atoms with van der Waals surface area (Å²) in [5, 5.41) is 16.5. The summed E-state index contributed by atoms with van der Waals surface area (Å²) in [5.74, 6) is -3.87. The molecule has 2 aromatic carbocycles. The number of carboxylic acids is 2. The number of alkyl halides is 3. The zero-order valence-corrected chi connectivity index (χ0v) is 20.0. The van der Waals surface area contributed by atoms with Crippen molar-refractivity contribution in [2.24, 2.45) is 0 Å². The number of hydrogen-bond acceptors (Lipinski definition) is 6. The Morgan fingerprint density at radius 3 is 1.97 bits per heavy atom. The molecule has 35 heavy (non-hydrogen) atoms. The van der Waals surface area contributed by atoms with Crippen molar-refractivity contribution < 1.29 is 46.1 Å². The number of nitrogens with zero attached hydrogens (tertiary/aromatic N) is 1. The molecule has 3 N–H and O–H groups in total. The Morgan fingerprint density at radius 2 is 1.51 bits per heavy atom. The first-order valence-electron chi connectivity index (χ1n) is 10.2. The number of ether oxygens (including phenoxy) is 1. The molecule has 0 radical (unpaired) electrons. The number of aromatic carboxylic acids is 1. The Morgan fingerprint density at radius 1 is 1.00 bits per heavy atom. The summed E-state index contributed by atoms with van der Waals surface area (Å²) in [6.45, 7) is 7.69. The minimum Gasteiger partial charge on any atom is -0.478 e. The summed E-state index contributed by atoms with van der Waals surface area (Å²) in [4.78, 5) is 22.5. The molecule has 0 aliphatic carbocycles. The molecule has 1 aliphatic rings. The summed E-state index contributed by atoms with van der Waals surface area (Å²) in [5.41, 5.74) is 3.18. The third-order valence-electron chi connectivity index (χ3n) is 4.96. The van der Waals surface area contributed by atoms with E-state index in [2.05, 4.69) is 4.72 Å². The number of benzene rings is 2. The minimum atomic E-state index is -5.08. The highest BCUT2D eigenvalue weighted by Gasteiger charge is 2.38. The van der Waals surface area contributed by atoms with Gasteiger partial charge in [0.1, 0.15) is 0 Å². The highest BCUT2D eigenvalue weighted by atomic mass is 32.2. The molecule has 0 unspecified atom stereocenters. The fraction of sp³-hybridized carbons (Fsp3) is 0.364. The molecule has 1 saturated heterocycles. The molecule has 192 valence electrons. The van der Waals surface area contributed by atoms with Gasteiger partial charge in [-0.2, -0.15) is 13.2 Å². The number of sulfonamides is 1. The predicted octanol–water partition coefficient (Wildman–Crippen LogP) is 3.58. The van der Waals surface area contributed by atoms with Crippen LogP contribution in [0.15, 0.2) is 35.2 Å². The van der Waals surface area contributed by atoms with Gasteiger partial charge in [0.15, 0.2) is 0 Å². The quantitative estimate of drug-likeness (QED) is 0.547. The largest absolute Gasteiger partial charge is 0.490 e. The highest BCUT2D eigenvalue weighted by Crippen LogP contribution is 2.32. The molecule has 0 spiro atoms. The van der Waals surface area contributed by atoms with Crippen LogP contribution in [0.1, 0.15) is 27.0 Å². The fourth-order valence-electron chi connectivity index (χ4n) is 3.62. The van der Waals surface area contributed by atoms with E-state index in [-0.39, 0.29) is 16.1 Å². The van der Waals surface area contributed by atoms with Gasteiger partial charge in [0.2, 0.25) is 0 Å². The molecule has 0 bridgehead atoms. The average Bonchev–Trinajstić information content (AvgIpc) is 2.72. The number of aryl methyl sites for hydroxylation is 3. The van der Waals surface area contributed by atoms with Crippen LogP contribution < -0.4 is 9.62 Å². The summed E-state index contributed by atoms with van der Waals surface area (Å²) < 4.78 is 66.1. The fourth-order valence-corrected chi connectivity index (χ4v) is 5.14. The Balaban J connectivity index is 0.000000540. The lowest BCUT2D eigenvalue weighted by Gasteiger charge is -2.31. The SMILES string of the molecule is Cc1cc(C)c(S(=O)(=O)Nc2cc(C(=O)O)ccc2N2CCOCC2)c(C)c1.O=C(O)C(F)(F)F. The number of anilines is 2. The first-order valence-corrected chi connectivity index (χ1v) is 11.7. The molecule has 1 heterocycles. The van der Waals surface area contributed by atoms with Gasteiger partial charge in [-0.1, -0.05) is 17.7 Å². The standard InChI is InChI=1S/C20H24N2O5S.C2HF3O2/c1-13-10-14(2)19(15(3)11-13)28(25,26)21-17-12-16(20(23)24)4-5-18(17)22-6-8-27-9-7-22;3-2(4,5)1(6)7/h4-5,10-12,21H,6-9H2,1-3H3,(H,23,24);(H,6,7). The van der Waals surface area contributed by atoms with E-state index >= 15 is 0 Å². The van der Waals surface area contributed by atoms with Gasteiger partial charge in [-0.3, -0.25) is 4.72 Å². The van der Waals surface area contributed by atoms with Crippen LogP contribution in [0, 0.1) is 20.8 Å². The van der Waals surface area contributed by atoms with Crippen molar-refractivity contribution in [3.63, 3.8) is 0 Å². The van der Waals surface area contributed by atoms with Gasteiger partial charge in [0.25, 0.3) is 10.0 Å². The van der Waals surface area contributed by atoms with E-state index in [9.17, 15) is 31.5 Å². The molecular formula is C22H25F3N2O7S. The van der Waals surface area contributed by atoms with Gasteiger partial charge in [0.05, 0.1) is 35.0 Å². The van der Waals surface area contributed by atoms with Gasteiger partial charge < -0.3 is 19.8 Å². The van der Waals surface area contributed by atoms with E-state index < -0.39 is 28.1 Å². The predicted molar refractivity (Wildman–Crippen MR) is 122 cm³/mol. The van der Waals surface area contributed by atoms with Crippen molar-refractivity contribution in [3.8, 4) is 0 Å². The number of halogens is 3. The van der Waals surface area contributed by atoms with E-state index in [0.29, 0.717) is 43.1 Å². The van der Waals surface area contributed by atoms with Crippen molar-refractivity contribution in [2.45, 2.75) is 31.8 Å². The molecule has 3 rings (SSSR count). The van der Waals surface area contributed by atoms with Crippen LogP contribution in [0.4, 0.5) is 24.5 Å². The maximum absolute atomic E-state index is 13.2. The zero-order valence-electron chi connectivity index (χ0n) is 19.1. The Hall–Kier alpha value is -3.32. The number of carboxylic acid groups (broad SMARTS) is 2. The lowest BCUT2D eigenvalue weighted by atomic mass is 10.1. The van der Waals surface area contributed by atoms with Crippen LogP contribution >= 0.6 is 0 Å². The molecule has 0 saturated carbocycles. The molecule has 1 aliphatic heterocycles. The van der Waals surface area contributed by atoms with Crippen molar-refractivity contribution in [1.29, 1.82) is 0 Å². The first kappa shape index (κ1) is 27.9. The van der Waals surface area contributed by atoms with Crippen LogP contribution in [-0.2, 0) is 19.6 Å². The van der Waals surface area contributed by atoms with Gasteiger partial charge in [-0.25, -0.2) is 18.0 Å². The summed E-state index contributed by atoms with van der Waals surface area (Å²) in [6, 6.07) is 8.12. The lowest BCUT2D eigenvalue weighted by molar-refractivity contribution is -0.192. The van der Waals surface area contributed by atoms with E-state index in [4.69, 9.17) is 14.6 Å². The summed E-state index contributed by atoms with van der Waals surface area (Å²) in [7, 11) is -3.90. The second kappa shape index (κ2) is 11.0. The number of hydrogen-bond donors (Lipinski definition) is 3. The minimum absolute atomic E-state index is 0.0204. The number of carbonyl (C=O) groups is 2. The molecule has 2 aromatic rings. The Bertz CT molecular complexity index is 1190. The molecule has 0 aromatic heterocycles. The average molecular weight is 519 g/mol. The smallest absolute Gasteiger partial charge is 0.478 e. The summed E-state index contributed by atoms with van der Waals surface area (Å²) >= 11 is 0. The number of nitrogens with one attached hydrogen (secondary N) is 1. The van der Waals surface area contributed by atoms with E-state index in [1.807, 2.05) is 24.0 Å². The topological polar surface area (TPSA) is 133 Å². The van der Waals surface area contributed by atoms with E-state index in [0.717, 1.165) is 5.56 Å². The molecule has 9 nitrogen and oxygen atoms in total. The second-order valence-electron chi connectivity index (χ2n) is 7.77. The van der Waals surface area contributed by atoms with Crippen LogP contribution in [0.5, 0.6) is 0 Å². The highest BCUT2D eigenvalue weighted by molar-refractivity contribution is 7.92. The Labute approximate surface area is 200 Å². The summed E-state index contributed by atoms with van der Waals surface area (Å²) in [6.07, 6.45) is -5.08. The van der Waals surface area contributed by atoms with E-state index in [1.165, 1.54) is 12.1 Å². The molecule has 1 fully saturated rings. The van der Waals surface area contributed by atoms with Gasteiger partial charge in [-0.05, 0) is 50.1 Å². The van der Waals surface area contributed by atoms with Crippen LogP contribution in [0.25, 0.3) is 0 Å². The third kappa shape index (κ3) is 7.33. The van der Waals surface area contributed by atoms with Crippen LogP contribution in [0.2, 0.25) is 0 Å². The van der Waals surface area contributed by atoms with Crippen LogP contribution in [-0.4, -0.2) is 63.0 Å². The maximum Gasteiger partial charge on any atom is 0.490 e. The molecular weight excluding hydrogens is 493 g/mol. The van der Waals surface area contributed by atoms with Gasteiger partial charge in [-0.15, -0.1) is 0 Å². The molecule has 0 amide bonds. The van der Waals surface area contributed by atoms with Crippen LogP contribution in [0.3, 0.4) is 0 Å². The van der Waals surface area contributed by atoms with Crippen molar-refractivity contribution in [2.75, 3.05) is 35.9 Å². The normalized spacial score (nSPS) is 14.1. The first-order chi connectivity index (χ1) is 16.1. The third-order valence-corrected chi connectivity index (χ3v) is 6.63. The van der Waals surface area contributed by atoms with Gasteiger partial charge >= 0.3 is 18.1 Å². The number of morpholine rings is 1. The van der Waals surface area contributed by atoms with Crippen molar-refractivity contribution >= 4 is 33.3 Å². The second-order valence-corrected chi connectivity index (χ2v) is 9.39. The Kier molecular flexibility index (Phi) is 8.74.